The van der Waals surface area contributed by atoms with Crippen molar-refractivity contribution in [2.24, 2.45) is 5.92 Å². The number of nitrogens with one attached hydrogen (secondary N) is 2. The van der Waals surface area contributed by atoms with Crippen LogP contribution in [0, 0.1) is 12.8 Å². The number of benzene rings is 2. The standard InChI is InChI=1S/C27H35N3O4/c1-19(2)34-24-13-9-21(16-25(24)33-4)10-14-26(31)30-15-5-6-22(18-30)17-28-27(32)29-23-11-7-20(3)8-12-23/h7-14,16,19,22H,5-6,15,17-18H2,1-4H3,(H2,28,29,32)/b14-10+. The molecule has 2 aromatic rings. The number of methoxy groups -OCH3 is 1. The van der Waals surface area contributed by atoms with E-state index in [0.717, 1.165) is 36.2 Å². The van der Waals surface area contributed by atoms with Gasteiger partial charge in [-0.15, -0.1) is 0 Å². The molecule has 182 valence electrons. The first-order valence-electron chi connectivity index (χ1n) is 11.8. The molecule has 1 unspecified atom stereocenters. The second-order valence-corrected chi connectivity index (χ2v) is 8.90. The average Bonchev–Trinajstić information content (AvgIpc) is 2.83. The van der Waals surface area contributed by atoms with Crippen LogP contribution in [0.1, 0.15) is 37.8 Å². The van der Waals surface area contributed by atoms with Gasteiger partial charge in [-0.05, 0) is 75.4 Å². The molecule has 0 radical (unpaired) electrons. The first-order valence-corrected chi connectivity index (χ1v) is 11.8. The molecule has 1 aliphatic heterocycles. The molecule has 1 heterocycles. The Morgan fingerprint density at radius 3 is 2.62 bits per heavy atom. The molecule has 2 N–H and O–H groups in total. The van der Waals surface area contributed by atoms with Crippen molar-refractivity contribution in [3.63, 3.8) is 0 Å². The molecule has 0 aliphatic carbocycles. The van der Waals surface area contributed by atoms with E-state index in [2.05, 4.69) is 10.6 Å². The van der Waals surface area contributed by atoms with Gasteiger partial charge in [0.1, 0.15) is 0 Å². The van der Waals surface area contributed by atoms with Gasteiger partial charge in [-0.2, -0.15) is 0 Å². The third-order valence-corrected chi connectivity index (χ3v) is 5.66. The molecule has 7 heteroatoms. The van der Waals surface area contributed by atoms with Crippen LogP contribution < -0.4 is 20.1 Å². The predicted molar refractivity (Wildman–Crippen MR) is 135 cm³/mol. The van der Waals surface area contributed by atoms with Crippen molar-refractivity contribution in [3.8, 4) is 11.5 Å². The number of carbonyl (C=O) groups excluding carboxylic acids is 2. The van der Waals surface area contributed by atoms with Crippen LogP contribution in [-0.2, 0) is 4.79 Å². The summed E-state index contributed by atoms with van der Waals surface area (Å²) in [7, 11) is 1.60. The number of aryl methyl sites for hydroxylation is 1. The Bertz CT molecular complexity index is 1000. The molecule has 2 aromatic carbocycles. The summed E-state index contributed by atoms with van der Waals surface area (Å²) in [5.74, 6) is 1.51. The van der Waals surface area contributed by atoms with E-state index in [1.54, 1.807) is 19.3 Å². The van der Waals surface area contributed by atoms with E-state index in [9.17, 15) is 9.59 Å². The van der Waals surface area contributed by atoms with Crippen molar-refractivity contribution in [2.45, 2.75) is 39.7 Å². The van der Waals surface area contributed by atoms with E-state index in [1.807, 2.05) is 68.1 Å². The van der Waals surface area contributed by atoms with Crippen LogP contribution in [0.3, 0.4) is 0 Å². The first-order chi connectivity index (χ1) is 16.3. The number of hydrogen-bond acceptors (Lipinski definition) is 4. The maximum absolute atomic E-state index is 12.8. The van der Waals surface area contributed by atoms with Crippen molar-refractivity contribution < 1.29 is 19.1 Å². The van der Waals surface area contributed by atoms with Gasteiger partial charge in [0.2, 0.25) is 5.91 Å². The lowest BCUT2D eigenvalue weighted by Gasteiger charge is -2.32. The highest BCUT2D eigenvalue weighted by molar-refractivity contribution is 5.92. The molecular weight excluding hydrogens is 430 g/mol. The number of carbonyl (C=O) groups is 2. The van der Waals surface area contributed by atoms with E-state index in [4.69, 9.17) is 9.47 Å². The molecule has 7 nitrogen and oxygen atoms in total. The first kappa shape index (κ1) is 25.1. The summed E-state index contributed by atoms with van der Waals surface area (Å²) in [5, 5.41) is 5.78. The highest BCUT2D eigenvalue weighted by Gasteiger charge is 2.23. The van der Waals surface area contributed by atoms with E-state index in [-0.39, 0.29) is 24.0 Å². The number of piperidine rings is 1. The lowest BCUT2D eigenvalue weighted by atomic mass is 9.98. The van der Waals surface area contributed by atoms with E-state index >= 15 is 0 Å². The van der Waals surface area contributed by atoms with E-state index < -0.39 is 0 Å². The number of nitrogens with zero attached hydrogens (tertiary/aromatic N) is 1. The summed E-state index contributed by atoms with van der Waals surface area (Å²) in [6.07, 6.45) is 5.33. The summed E-state index contributed by atoms with van der Waals surface area (Å²) in [4.78, 5) is 26.8. The van der Waals surface area contributed by atoms with Gasteiger partial charge in [0.15, 0.2) is 11.5 Å². The molecule has 0 aromatic heterocycles. The zero-order chi connectivity index (χ0) is 24.5. The summed E-state index contributed by atoms with van der Waals surface area (Å²) < 4.78 is 11.2. The number of hydrogen-bond donors (Lipinski definition) is 2. The van der Waals surface area contributed by atoms with Crippen LogP contribution in [0.25, 0.3) is 6.08 Å². The summed E-state index contributed by atoms with van der Waals surface area (Å²) >= 11 is 0. The number of anilines is 1. The summed E-state index contributed by atoms with van der Waals surface area (Å²) in [5.41, 5.74) is 2.77. The van der Waals surface area contributed by atoms with Gasteiger partial charge in [-0.25, -0.2) is 4.79 Å². The fourth-order valence-electron chi connectivity index (χ4n) is 3.89. The topological polar surface area (TPSA) is 79.9 Å². The molecular formula is C27H35N3O4. The van der Waals surface area contributed by atoms with Gasteiger partial charge in [0.05, 0.1) is 13.2 Å². The third-order valence-electron chi connectivity index (χ3n) is 5.66. The molecule has 3 amide bonds. The molecule has 1 aliphatic rings. The Morgan fingerprint density at radius 2 is 1.91 bits per heavy atom. The number of likely N-dealkylation sites (tertiary alicyclic amines) is 1. The van der Waals surface area contributed by atoms with Crippen LogP contribution >= 0.6 is 0 Å². The number of urea groups is 1. The SMILES string of the molecule is COc1cc(/C=C/C(=O)N2CCCC(CNC(=O)Nc3ccc(C)cc3)C2)ccc1OC(C)C. The minimum absolute atomic E-state index is 0.0321. The molecule has 1 fully saturated rings. The van der Waals surface area contributed by atoms with Crippen molar-refractivity contribution in [1.82, 2.24) is 10.2 Å². The molecule has 0 bridgehead atoms. The van der Waals surface area contributed by atoms with Crippen LogP contribution in [0.2, 0.25) is 0 Å². The molecule has 0 saturated carbocycles. The normalized spacial score (nSPS) is 15.9. The molecule has 3 rings (SSSR count). The Morgan fingerprint density at radius 1 is 1.15 bits per heavy atom. The van der Waals surface area contributed by atoms with E-state index in [1.165, 1.54) is 0 Å². The molecule has 1 atom stereocenters. The van der Waals surface area contributed by atoms with Crippen LogP contribution in [0.4, 0.5) is 10.5 Å². The van der Waals surface area contributed by atoms with Gasteiger partial charge in [-0.3, -0.25) is 4.79 Å². The Balaban J connectivity index is 1.50. The highest BCUT2D eigenvalue weighted by atomic mass is 16.5. The van der Waals surface area contributed by atoms with Crippen LogP contribution in [-0.4, -0.2) is 49.7 Å². The minimum atomic E-state index is -0.231. The number of amides is 3. The monoisotopic (exact) mass is 465 g/mol. The third kappa shape index (κ3) is 7.54. The smallest absolute Gasteiger partial charge is 0.319 e. The predicted octanol–water partition coefficient (Wildman–Crippen LogP) is 4.86. The lowest BCUT2D eigenvalue weighted by molar-refractivity contribution is -0.127. The fourth-order valence-corrected chi connectivity index (χ4v) is 3.89. The maximum atomic E-state index is 12.8. The maximum Gasteiger partial charge on any atom is 0.319 e. The molecule has 1 saturated heterocycles. The van der Waals surface area contributed by atoms with Gasteiger partial charge < -0.3 is 25.0 Å². The van der Waals surface area contributed by atoms with Gasteiger partial charge in [0, 0.05) is 31.4 Å². The van der Waals surface area contributed by atoms with Crippen molar-refractivity contribution in [3.05, 3.63) is 59.7 Å². The second-order valence-electron chi connectivity index (χ2n) is 8.90. The quantitative estimate of drug-likeness (QED) is 0.546. The molecule has 34 heavy (non-hydrogen) atoms. The Hall–Kier alpha value is -3.48. The van der Waals surface area contributed by atoms with Crippen molar-refractivity contribution in [1.29, 1.82) is 0 Å². The summed E-state index contributed by atoms with van der Waals surface area (Å²) in [6, 6.07) is 13.1. The fraction of sp³-hybridized carbons (Fsp3) is 0.407. The summed E-state index contributed by atoms with van der Waals surface area (Å²) in [6.45, 7) is 7.80. The van der Waals surface area contributed by atoms with Crippen molar-refractivity contribution >= 4 is 23.7 Å². The Kier molecular flexibility index (Phi) is 8.96. The lowest BCUT2D eigenvalue weighted by Crippen LogP contribution is -2.43. The van der Waals surface area contributed by atoms with Gasteiger partial charge in [-0.1, -0.05) is 23.8 Å². The zero-order valence-electron chi connectivity index (χ0n) is 20.5. The van der Waals surface area contributed by atoms with Gasteiger partial charge in [0.25, 0.3) is 0 Å². The highest BCUT2D eigenvalue weighted by Crippen LogP contribution is 2.29. The second kappa shape index (κ2) is 12.1. The van der Waals surface area contributed by atoms with Crippen LogP contribution in [0.15, 0.2) is 48.5 Å². The largest absolute Gasteiger partial charge is 0.493 e. The van der Waals surface area contributed by atoms with Gasteiger partial charge >= 0.3 is 6.03 Å². The Labute approximate surface area is 202 Å². The minimum Gasteiger partial charge on any atom is -0.493 e. The van der Waals surface area contributed by atoms with E-state index in [0.29, 0.717) is 24.6 Å². The molecule has 0 spiro atoms. The van der Waals surface area contributed by atoms with Crippen LogP contribution in [0.5, 0.6) is 11.5 Å². The number of rotatable bonds is 8. The number of ether oxygens (including phenoxy) is 2. The van der Waals surface area contributed by atoms with Crippen molar-refractivity contribution in [2.75, 3.05) is 32.1 Å². The average molecular weight is 466 g/mol. The zero-order valence-corrected chi connectivity index (χ0v) is 20.5.